The molecule has 3 rings (SSSR count). The van der Waals surface area contributed by atoms with E-state index in [1.54, 1.807) is 0 Å². The lowest BCUT2D eigenvalue weighted by Crippen LogP contribution is -2.43. The van der Waals surface area contributed by atoms with E-state index < -0.39 is 0 Å². The van der Waals surface area contributed by atoms with Gasteiger partial charge in [-0.2, -0.15) is 0 Å². The van der Waals surface area contributed by atoms with Crippen LogP contribution >= 0.6 is 0 Å². The van der Waals surface area contributed by atoms with Crippen LogP contribution in [-0.4, -0.2) is 0 Å². The summed E-state index contributed by atoms with van der Waals surface area (Å²) in [7, 11) is 0. The van der Waals surface area contributed by atoms with E-state index in [4.69, 9.17) is 5.73 Å². The molecule has 2 aromatic rings. The second kappa shape index (κ2) is 4.01. The molecule has 0 unspecified atom stereocenters. The van der Waals surface area contributed by atoms with Crippen LogP contribution in [0.1, 0.15) is 24.8 Å². The number of benzene rings is 2. The van der Waals surface area contributed by atoms with Crippen molar-refractivity contribution in [2.45, 2.75) is 24.8 Å². The van der Waals surface area contributed by atoms with Gasteiger partial charge in [0.2, 0.25) is 0 Å². The first-order valence-corrected chi connectivity index (χ1v) is 6.14. The Kier molecular flexibility index (Phi) is 2.49. The Morgan fingerprint density at radius 1 is 1.00 bits per heavy atom. The maximum absolute atomic E-state index is 6.31. The van der Waals surface area contributed by atoms with Crippen molar-refractivity contribution in [2.75, 3.05) is 0 Å². The molecule has 1 fully saturated rings. The second-order valence-corrected chi connectivity index (χ2v) is 4.88. The Hall–Kier alpha value is -1.60. The molecule has 0 atom stereocenters. The molecule has 1 nitrogen and oxygen atoms in total. The van der Waals surface area contributed by atoms with Crippen LogP contribution in [0.15, 0.2) is 48.5 Å². The van der Waals surface area contributed by atoms with Gasteiger partial charge in [-0.25, -0.2) is 0 Å². The highest BCUT2D eigenvalue weighted by atomic mass is 14.8. The monoisotopic (exact) mass is 222 g/mol. The first kappa shape index (κ1) is 10.5. The van der Waals surface area contributed by atoms with Crippen molar-refractivity contribution >= 4 is 0 Å². The Morgan fingerprint density at radius 3 is 2.29 bits per heavy atom. The standard InChI is InChI=1S/C16H16N/c17-16(11-4-12-16)15-9-7-14(8-10-15)13-5-2-1-3-6-13/h1-2,5-10H,4,11-12,17H2. The van der Waals surface area contributed by atoms with E-state index in [0.29, 0.717) is 0 Å². The highest BCUT2D eigenvalue weighted by Crippen LogP contribution is 2.39. The number of nitrogens with two attached hydrogens (primary N) is 1. The molecule has 1 aliphatic rings. The lowest BCUT2D eigenvalue weighted by Gasteiger charge is -2.38. The molecule has 1 radical (unpaired) electrons. The molecule has 0 bridgehead atoms. The van der Waals surface area contributed by atoms with Crippen molar-refractivity contribution in [2.24, 2.45) is 5.73 Å². The molecule has 1 heteroatoms. The van der Waals surface area contributed by atoms with E-state index in [0.717, 1.165) is 12.8 Å². The molecule has 17 heavy (non-hydrogen) atoms. The third-order valence-corrected chi connectivity index (χ3v) is 3.75. The van der Waals surface area contributed by atoms with Gasteiger partial charge in [-0.3, -0.25) is 0 Å². The summed E-state index contributed by atoms with van der Waals surface area (Å²) in [6, 6.07) is 19.8. The molecule has 85 valence electrons. The van der Waals surface area contributed by atoms with Gasteiger partial charge >= 0.3 is 0 Å². The summed E-state index contributed by atoms with van der Waals surface area (Å²) in [5, 5.41) is 0. The second-order valence-electron chi connectivity index (χ2n) is 4.88. The fourth-order valence-electron chi connectivity index (χ4n) is 2.41. The highest BCUT2D eigenvalue weighted by Gasteiger charge is 2.33. The Balaban J connectivity index is 1.90. The fourth-order valence-corrected chi connectivity index (χ4v) is 2.41. The Labute approximate surface area is 102 Å². The molecule has 1 aliphatic carbocycles. The van der Waals surface area contributed by atoms with Gasteiger partial charge in [0.05, 0.1) is 0 Å². The summed E-state index contributed by atoms with van der Waals surface area (Å²) in [5.41, 5.74) is 9.96. The predicted octanol–water partition coefficient (Wildman–Crippen LogP) is 3.49. The normalized spacial score (nSPS) is 17.5. The molecular weight excluding hydrogens is 206 g/mol. The van der Waals surface area contributed by atoms with Gasteiger partial charge in [0, 0.05) is 5.54 Å². The van der Waals surface area contributed by atoms with Crippen LogP contribution in [0.5, 0.6) is 0 Å². The molecule has 0 saturated heterocycles. The third-order valence-electron chi connectivity index (χ3n) is 3.75. The van der Waals surface area contributed by atoms with Gasteiger partial charge in [0.1, 0.15) is 0 Å². The molecule has 0 amide bonds. The summed E-state index contributed by atoms with van der Waals surface area (Å²) in [6.07, 6.45) is 3.49. The highest BCUT2D eigenvalue weighted by molar-refractivity contribution is 5.63. The van der Waals surface area contributed by atoms with Crippen molar-refractivity contribution < 1.29 is 0 Å². The first-order chi connectivity index (χ1) is 8.28. The molecule has 2 aromatic carbocycles. The van der Waals surface area contributed by atoms with Crippen molar-refractivity contribution in [3.63, 3.8) is 0 Å². The van der Waals surface area contributed by atoms with Crippen LogP contribution in [0.25, 0.3) is 11.1 Å². The third kappa shape index (κ3) is 1.87. The quantitative estimate of drug-likeness (QED) is 0.827. The van der Waals surface area contributed by atoms with E-state index in [2.05, 4.69) is 36.4 Å². The van der Waals surface area contributed by atoms with Gasteiger partial charge in [-0.15, -0.1) is 0 Å². The average Bonchev–Trinajstić information content (AvgIpc) is 2.37. The van der Waals surface area contributed by atoms with Gasteiger partial charge < -0.3 is 5.73 Å². The maximum Gasteiger partial charge on any atom is 0.0409 e. The largest absolute Gasteiger partial charge is 0.321 e. The van der Waals surface area contributed by atoms with Gasteiger partial charge in [-0.1, -0.05) is 42.5 Å². The van der Waals surface area contributed by atoms with E-state index in [1.807, 2.05) is 18.2 Å². The minimum atomic E-state index is -0.0542. The van der Waals surface area contributed by atoms with Crippen molar-refractivity contribution in [3.8, 4) is 11.1 Å². The summed E-state index contributed by atoms with van der Waals surface area (Å²) in [5.74, 6) is 0. The average molecular weight is 222 g/mol. The summed E-state index contributed by atoms with van der Waals surface area (Å²) >= 11 is 0. The lowest BCUT2D eigenvalue weighted by atomic mass is 9.72. The summed E-state index contributed by atoms with van der Waals surface area (Å²) in [6.45, 7) is 0. The minimum absolute atomic E-state index is 0.0542. The lowest BCUT2D eigenvalue weighted by molar-refractivity contribution is 0.253. The minimum Gasteiger partial charge on any atom is -0.321 e. The van der Waals surface area contributed by atoms with Crippen LogP contribution in [0, 0.1) is 6.07 Å². The van der Waals surface area contributed by atoms with Crippen LogP contribution in [0.3, 0.4) is 0 Å². The molecule has 1 saturated carbocycles. The van der Waals surface area contributed by atoms with Gasteiger partial charge in [-0.05, 0) is 48.1 Å². The smallest absolute Gasteiger partial charge is 0.0409 e. The van der Waals surface area contributed by atoms with Crippen LogP contribution in [0.2, 0.25) is 0 Å². The molecule has 2 N–H and O–H groups in total. The van der Waals surface area contributed by atoms with Gasteiger partial charge in [0.25, 0.3) is 0 Å². The van der Waals surface area contributed by atoms with E-state index in [-0.39, 0.29) is 5.54 Å². The van der Waals surface area contributed by atoms with Crippen molar-refractivity contribution in [1.29, 1.82) is 0 Å². The van der Waals surface area contributed by atoms with E-state index >= 15 is 0 Å². The summed E-state index contributed by atoms with van der Waals surface area (Å²) in [4.78, 5) is 0. The maximum atomic E-state index is 6.31. The topological polar surface area (TPSA) is 26.0 Å². The van der Waals surface area contributed by atoms with Crippen LogP contribution in [0.4, 0.5) is 0 Å². The van der Waals surface area contributed by atoms with Crippen LogP contribution in [-0.2, 0) is 5.54 Å². The molecule has 0 heterocycles. The fraction of sp³-hybridized carbons (Fsp3) is 0.250. The van der Waals surface area contributed by atoms with Crippen molar-refractivity contribution in [1.82, 2.24) is 0 Å². The molecule has 0 aliphatic heterocycles. The zero-order valence-corrected chi connectivity index (χ0v) is 9.82. The van der Waals surface area contributed by atoms with Gasteiger partial charge in [0.15, 0.2) is 0 Å². The Morgan fingerprint density at radius 2 is 1.76 bits per heavy atom. The number of hydrogen-bond acceptors (Lipinski definition) is 1. The molecule has 0 spiro atoms. The van der Waals surface area contributed by atoms with E-state index in [9.17, 15) is 0 Å². The van der Waals surface area contributed by atoms with E-state index in [1.165, 1.54) is 23.1 Å². The SMILES string of the molecule is NC1(c2ccc(-c3c[c]ccc3)cc2)CCC1. The number of hydrogen-bond donors (Lipinski definition) is 1. The van der Waals surface area contributed by atoms with Crippen LogP contribution < -0.4 is 5.73 Å². The zero-order chi connectivity index (χ0) is 11.7. The molecular formula is C16H16N. The summed E-state index contributed by atoms with van der Waals surface area (Å²) < 4.78 is 0. The predicted molar refractivity (Wildman–Crippen MR) is 70.4 cm³/mol. The van der Waals surface area contributed by atoms with Crippen molar-refractivity contribution in [3.05, 3.63) is 60.2 Å². The Bertz CT molecular complexity index is 495. The first-order valence-electron chi connectivity index (χ1n) is 6.14. The number of rotatable bonds is 2. The zero-order valence-electron chi connectivity index (χ0n) is 9.82. The molecule has 0 aromatic heterocycles.